The molecule has 0 unspecified atom stereocenters. The predicted octanol–water partition coefficient (Wildman–Crippen LogP) is 1.92. The number of aromatic amines is 1. The Morgan fingerprint density at radius 1 is 1.73 bits per heavy atom. The van der Waals surface area contributed by atoms with E-state index in [4.69, 9.17) is 11.6 Å². The molecule has 0 fully saturated rings. The van der Waals surface area contributed by atoms with E-state index in [2.05, 4.69) is 4.98 Å². The van der Waals surface area contributed by atoms with Crippen molar-refractivity contribution in [2.24, 2.45) is 0 Å². The fourth-order valence-electron chi connectivity index (χ4n) is 0.626. The molecule has 0 atom stereocenters. The molecule has 0 saturated heterocycles. The van der Waals surface area contributed by atoms with Crippen molar-refractivity contribution in [2.45, 2.75) is 0 Å². The molecule has 0 bridgehead atoms. The zero-order chi connectivity index (χ0) is 8.27. The van der Waals surface area contributed by atoms with Crippen LogP contribution in [0.2, 0.25) is 5.02 Å². The molecule has 0 amide bonds. The molecule has 0 saturated carbocycles. The number of rotatable bonds is 2. The highest BCUT2D eigenvalue weighted by atomic mass is 35.5. The smallest absolute Gasteiger partial charge is 0.236 e. The van der Waals surface area contributed by atoms with Gasteiger partial charge in [0.05, 0.1) is 15.6 Å². The molecule has 0 radical (unpaired) electrons. The second kappa shape index (κ2) is 3.21. The lowest BCUT2D eigenvalue weighted by molar-refractivity contribution is -0.401. The lowest BCUT2D eigenvalue weighted by Gasteiger charge is -1.83. The first-order valence-electron chi connectivity index (χ1n) is 2.85. The van der Waals surface area contributed by atoms with E-state index in [1.54, 1.807) is 12.3 Å². The molecule has 0 aliphatic rings. The van der Waals surface area contributed by atoms with Crippen molar-refractivity contribution < 1.29 is 4.92 Å². The van der Waals surface area contributed by atoms with E-state index < -0.39 is 4.92 Å². The maximum atomic E-state index is 9.87. The van der Waals surface area contributed by atoms with Crippen LogP contribution in [0.25, 0.3) is 6.08 Å². The summed E-state index contributed by atoms with van der Waals surface area (Å²) in [5.41, 5.74) is 0.545. The predicted molar refractivity (Wildman–Crippen MR) is 41.8 cm³/mol. The van der Waals surface area contributed by atoms with Gasteiger partial charge in [0.2, 0.25) is 6.20 Å². The third-order valence-electron chi connectivity index (χ3n) is 1.09. The van der Waals surface area contributed by atoms with Crippen LogP contribution in [0.15, 0.2) is 18.5 Å². The first-order chi connectivity index (χ1) is 5.20. The topological polar surface area (TPSA) is 58.9 Å². The number of aromatic nitrogens is 1. The van der Waals surface area contributed by atoms with Crippen LogP contribution >= 0.6 is 11.6 Å². The zero-order valence-corrected chi connectivity index (χ0v) is 6.21. The highest BCUT2D eigenvalue weighted by Crippen LogP contribution is 2.14. The van der Waals surface area contributed by atoms with E-state index in [1.807, 2.05) is 0 Å². The van der Waals surface area contributed by atoms with Crippen LogP contribution in [0.1, 0.15) is 5.69 Å². The van der Waals surface area contributed by atoms with Gasteiger partial charge in [-0.1, -0.05) is 11.6 Å². The fourth-order valence-corrected chi connectivity index (χ4v) is 0.807. The summed E-state index contributed by atoms with van der Waals surface area (Å²) in [6, 6.07) is 1.63. The third kappa shape index (κ3) is 2.09. The number of hydrogen-bond donors (Lipinski definition) is 1. The maximum Gasteiger partial charge on any atom is 0.236 e. The number of hydrogen-bond acceptors (Lipinski definition) is 2. The number of nitrogens with one attached hydrogen (secondary N) is 1. The Bertz CT molecular complexity index is 293. The molecule has 0 aromatic carbocycles. The SMILES string of the molecule is O=[N+]([O-])C=Cc1[nH]ccc1Cl. The van der Waals surface area contributed by atoms with Crippen LogP contribution in [-0.4, -0.2) is 9.91 Å². The van der Waals surface area contributed by atoms with Crippen molar-refractivity contribution in [3.8, 4) is 0 Å². The molecule has 1 rings (SSSR count). The Balaban J connectivity index is 2.79. The third-order valence-corrected chi connectivity index (χ3v) is 1.42. The van der Waals surface area contributed by atoms with Crippen molar-refractivity contribution in [1.29, 1.82) is 0 Å². The molecule has 5 heteroatoms. The minimum atomic E-state index is -0.544. The van der Waals surface area contributed by atoms with E-state index in [9.17, 15) is 10.1 Å². The number of halogens is 1. The summed E-state index contributed by atoms with van der Waals surface area (Å²) >= 11 is 5.62. The van der Waals surface area contributed by atoms with Crippen molar-refractivity contribution in [3.63, 3.8) is 0 Å². The number of nitro groups is 1. The Hall–Kier alpha value is -1.29. The van der Waals surface area contributed by atoms with Gasteiger partial charge in [-0.05, 0) is 6.07 Å². The van der Waals surface area contributed by atoms with Crippen LogP contribution in [0, 0.1) is 10.1 Å². The minimum Gasteiger partial charge on any atom is -0.360 e. The quantitative estimate of drug-likeness (QED) is 0.547. The summed E-state index contributed by atoms with van der Waals surface area (Å²) in [5.74, 6) is 0. The average Bonchev–Trinajstić information content (AvgIpc) is 2.31. The molecule has 1 aromatic rings. The van der Waals surface area contributed by atoms with Gasteiger partial charge in [0.25, 0.3) is 0 Å². The number of H-pyrrole nitrogens is 1. The number of nitrogens with zero attached hydrogens (tertiary/aromatic N) is 1. The van der Waals surface area contributed by atoms with Gasteiger partial charge in [-0.25, -0.2) is 0 Å². The highest BCUT2D eigenvalue weighted by Gasteiger charge is 1.96. The van der Waals surface area contributed by atoms with Gasteiger partial charge in [0.15, 0.2) is 0 Å². The molecule has 1 heterocycles. The summed E-state index contributed by atoms with van der Waals surface area (Å²) in [5, 5.41) is 10.3. The molecular weight excluding hydrogens is 168 g/mol. The van der Waals surface area contributed by atoms with E-state index in [0.29, 0.717) is 10.7 Å². The molecule has 1 aromatic heterocycles. The van der Waals surface area contributed by atoms with Gasteiger partial charge < -0.3 is 4.98 Å². The molecule has 1 N–H and O–H groups in total. The van der Waals surface area contributed by atoms with Crippen molar-refractivity contribution in [1.82, 2.24) is 4.98 Å². The second-order valence-electron chi connectivity index (χ2n) is 1.84. The maximum absolute atomic E-state index is 9.87. The van der Waals surface area contributed by atoms with Gasteiger partial charge in [-0.15, -0.1) is 0 Å². The summed E-state index contributed by atoms with van der Waals surface area (Å²) in [7, 11) is 0. The van der Waals surface area contributed by atoms with E-state index in [0.717, 1.165) is 6.20 Å². The molecule has 0 spiro atoms. The molecule has 0 aliphatic carbocycles. The van der Waals surface area contributed by atoms with Crippen LogP contribution in [0.4, 0.5) is 0 Å². The van der Waals surface area contributed by atoms with Crippen molar-refractivity contribution in [2.75, 3.05) is 0 Å². The van der Waals surface area contributed by atoms with Crippen LogP contribution in [0.5, 0.6) is 0 Å². The average molecular weight is 173 g/mol. The van der Waals surface area contributed by atoms with Gasteiger partial charge in [0, 0.05) is 12.3 Å². The Morgan fingerprint density at radius 3 is 2.91 bits per heavy atom. The first-order valence-corrected chi connectivity index (χ1v) is 3.22. The summed E-state index contributed by atoms with van der Waals surface area (Å²) in [6.07, 6.45) is 3.75. The fraction of sp³-hybridized carbons (Fsp3) is 0. The van der Waals surface area contributed by atoms with E-state index in [-0.39, 0.29) is 0 Å². The molecule has 58 valence electrons. The van der Waals surface area contributed by atoms with Crippen LogP contribution in [-0.2, 0) is 0 Å². The minimum absolute atomic E-state index is 0.475. The van der Waals surface area contributed by atoms with E-state index >= 15 is 0 Å². The molecule has 4 nitrogen and oxygen atoms in total. The summed E-state index contributed by atoms with van der Waals surface area (Å²) in [6.45, 7) is 0. The van der Waals surface area contributed by atoms with Crippen LogP contribution in [0.3, 0.4) is 0 Å². The summed E-state index contributed by atoms with van der Waals surface area (Å²) < 4.78 is 0. The monoisotopic (exact) mass is 172 g/mol. The van der Waals surface area contributed by atoms with Crippen LogP contribution < -0.4 is 0 Å². The van der Waals surface area contributed by atoms with Crippen molar-refractivity contribution in [3.05, 3.63) is 39.3 Å². The van der Waals surface area contributed by atoms with Crippen molar-refractivity contribution >= 4 is 17.7 Å². The van der Waals surface area contributed by atoms with Gasteiger partial charge in [0.1, 0.15) is 0 Å². The molecule has 11 heavy (non-hydrogen) atoms. The molecule has 0 aliphatic heterocycles. The Morgan fingerprint density at radius 2 is 2.45 bits per heavy atom. The van der Waals surface area contributed by atoms with Gasteiger partial charge >= 0.3 is 0 Å². The molecular formula is C6H5ClN2O2. The lowest BCUT2D eigenvalue weighted by Crippen LogP contribution is -1.82. The second-order valence-corrected chi connectivity index (χ2v) is 2.25. The normalized spacial score (nSPS) is 10.6. The lowest BCUT2D eigenvalue weighted by atomic mass is 10.4. The largest absolute Gasteiger partial charge is 0.360 e. The first kappa shape index (κ1) is 7.81. The van der Waals surface area contributed by atoms with Gasteiger partial charge in [-0.2, -0.15) is 0 Å². The summed E-state index contributed by atoms with van der Waals surface area (Å²) in [4.78, 5) is 12.1. The standard InChI is InChI=1S/C6H5ClN2O2/c7-5-1-3-8-6(5)2-4-9(10)11/h1-4,8H. The highest BCUT2D eigenvalue weighted by molar-refractivity contribution is 6.31. The van der Waals surface area contributed by atoms with Gasteiger partial charge in [-0.3, -0.25) is 10.1 Å². The Labute approximate surface area is 67.6 Å². The zero-order valence-electron chi connectivity index (χ0n) is 5.45. The Kier molecular flexibility index (Phi) is 2.28. The van der Waals surface area contributed by atoms with E-state index in [1.165, 1.54) is 6.08 Å².